The lowest BCUT2D eigenvalue weighted by Gasteiger charge is -2.35. The van der Waals surface area contributed by atoms with Gasteiger partial charge in [-0.2, -0.15) is 5.10 Å². The third-order valence-corrected chi connectivity index (χ3v) is 4.67. The van der Waals surface area contributed by atoms with E-state index in [4.69, 9.17) is 4.74 Å². The normalized spacial score (nSPS) is 18.2. The van der Waals surface area contributed by atoms with E-state index in [1.807, 2.05) is 49.1 Å². The van der Waals surface area contributed by atoms with Crippen molar-refractivity contribution in [1.82, 2.24) is 20.1 Å². The molecule has 1 amide bonds. The molecule has 1 atom stereocenters. The largest absolute Gasteiger partial charge is 0.377 e. The van der Waals surface area contributed by atoms with Gasteiger partial charge in [-0.25, -0.2) is 0 Å². The van der Waals surface area contributed by atoms with Crippen molar-refractivity contribution >= 4 is 16.8 Å². The summed E-state index contributed by atoms with van der Waals surface area (Å²) in [6.07, 6.45) is 0. The van der Waals surface area contributed by atoms with E-state index in [1.54, 1.807) is 0 Å². The van der Waals surface area contributed by atoms with E-state index in [-0.39, 0.29) is 11.9 Å². The average molecular weight is 324 g/mol. The number of ether oxygens (including phenoxy) is 1. The molecule has 0 aliphatic carbocycles. The van der Waals surface area contributed by atoms with E-state index in [0.29, 0.717) is 25.5 Å². The third-order valence-electron chi connectivity index (χ3n) is 4.67. The zero-order valence-electron chi connectivity index (χ0n) is 13.8. The second-order valence-corrected chi connectivity index (χ2v) is 6.21. The summed E-state index contributed by atoms with van der Waals surface area (Å²) in [5.41, 5.74) is 4.54. The number of hydrogen-bond acceptors (Lipinski definition) is 3. The fourth-order valence-electron chi connectivity index (χ4n) is 3.48. The predicted molar refractivity (Wildman–Crippen MR) is 91.0 cm³/mol. The van der Waals surface area contributed by atoms with Crippen LogP contribution in [0.5, 0.6) is 0 Å². The van der Waals surface area contributed by atoms with Gasteiger partial charge in [-0.1, -0.05) is 18.2 Å². The minimum atomic E-state index is -0.114. The van der Waals surface area contributed by atoms with Gasteiger partial charge in [0.1, 0.15) is 5.69 Å². The summed E-state index contributed by atoms with van der Waals surface area (Å²) in [5.74, 6) is -0.000463. The topological polar surface area (TPSA) is 74.0 Å². The summed E-state index contributed by atoms with van der Waals surface area (Å²) in [6.45, 7) is 5.56. The van der Waals surface area contributed by atoms with Crippen LogP contribution in [0.3, 0.4) is 0 Å². The molecule has 6 heteroatoms. The van der Waals surface area contributed by atoms with E-state index in [0.717, 1.165) is 27.9 Å². The molecule has 1 saturated heterocycles. The summed E-state index contributed by atoms with van der Waals surface area (Å²) in [4.78, 5) is 18.2. The van der Waals surface area contributed by atoms with Crippen molar-refractivity contribution in [3.8, 4) is 0 Å². The minimum Gasteiger partial charge on any atom is -0.377 e. The number of aromatic nitrogens is 3. The molecule has 1 fully saturated rings. The molecule has 3 heterocycles. The highest BCUT2D eigenvalue weighted by molar-refractivity contribution is 5.98. The molecular formula is C18H20N4O2. The number of nitrogens with one attached hydrogen (secondary N) is 2. The van der Waals surface area contributed by atoms with Gasteiger partial charge >= 0.3 is 0 Å². The maximum Gasteiger partial charge on any atom is 0.270 e. The van der Waals surface area contributed by atoms with Gasteiger partial charge in [0, 0.05) is 28.7 Å². The summed E-state index contributed by atoms with van der Waals surface area (Å²) >= 11 is 0. The number of fused-ring (bicyclic) bond motifs is 1. The van der Waals surface area contributed by atoms with Crippen LogP contribution in [0.25, 0.3) is 10.9 Å². The number of benzene rings is 1. The van der Waals surface area contributed by atoms with Crippen molar-refractivity contribution in [1.29, 1.82) is 0 Å². The highest BCUT2D eigenvalue weighted by Crippen LogP contribution is 2.30. The van der Waals surface area contributed by atoms with Crippen molar-refractivity contribution < 1.29 is 9.53 Å². The Balaban J connectivity index is 1.71. The molecule has 1 aliphatic heterocycles. The molecule has 6 nitrogen and oxygen atoms in total. The summed E-state index contributed by atoms with van der Waals surface area (Å²) in [5, 5.41) is 8.31. The van der Waals surface area contributed by atoms with E-state index < -0.39 is 0 Å². The molecule has 0 bridgehead atoms. The molecule has 24 heavy (non-hydrogen) atoms. The third kappa shape index (κ3) is 2.39. The van der Waals surface area contributed by atoms with Crippen molar-refractivity contribution in [2.75, 3.05) is 19.8 Å². The zero-order chi connectivity index (χ0) is 16.7. The Labute approximate surface area is 139 Å². The monoisotopic (exact) mass is 324 g/mol. The van der Waals surface area contributed by atoms with Crippen LogP contribution < -0.4 is 0 Å². The quantitative estimate of drug-likeness (QED) is 0.761. The molecule has 124 valence electrons. The number of para-hydroxylation sites is 1. The summed E-state index contributed by atoms with van der Waals surface area (Å²) in [7, 11) is 0. The number of carbonyl (C=O) groups excluding carboxylic acids is 1. The summed E-state index contributed by atoms with van der Waals surface area (Å²) < 4.78 is 5.65. The van der Waals surface area contributed by atoms with E-state index >= 15 is 0 Å². The van der Waals surface area contributed by atoms with E-state index in [1.165, 1.54) is 0 Å². The van der Waals surface area contributed by atoms with Crippen LogP contribution in [0.15, 0.2) is 30.3 Å². The van der Waals surface area contributed by atoms with E-state index in [2.05, 4.69) is 15.2 Å². The first-order chi connectivity index (χ1) is 11.6. The van der Waals surface area contributed by atoms with Crippen molar-refractivity contribution in [3.05, 3.63) is 53.0 Å². The molecule has 0 saturated carbocycles. The van der Waals surface area contributed by atoms with Crippen LogP contribution in [0.4, 0.5) is 0 Å². The standard InChI is InChI=1S/C18H20N4O2/c1-11-17(12(2)21-20-11)16-10-24-8-7-22(16)18(23)15-9-13-5-3-4-6-14(13)19-15/h3-6,9,16,19H,7-8,10H2,1-2H3,(H,20,21)/t16-/m1/s1. The van der Waals surface area contributed by atoms with Crippen LogP contribution in [0.1, 0.15) is 33.5 Å². The number of morpholine rings is 1. The molecule has 4 rings (SSSR count). The molecular weight excluding hydrogens is 304 g/mol. The van der Waals surface area contributed by atoms with Gasteiger partial charge < -0.3 is 14.6 Å². The van der Waals surface area contributed by atoms with Gasteiger partial charge in [0.05, 0.1) is 24.9 Å². The number of aromatic amines is 2. The van der Waals surface area contributed by atoms with Gasteiger partial charge in [-0.15, -0.1) is 0 Å². The smallest absolute Gasteiger partial charge is 0.270 e. The van der Waals surface area contributed by atoms with Gasteiger partial charge in [-0.3, -0.25) is 9.89 Å². The second kappa shape index (κ2) is 5.79. The maximum absolute atomic E-state index is 13.1. The van der Waals surface area contributed by atoms with Crippen LogP contribution in [-0.2, 0) is 4.74 Å². The highest BCUT2D eigenvalue weighted by atomic mass is 16.5. The Hall–Kier alpha value is -2.60. The van der Waals surface area contributed by atoms with Crippen LogP contribution in [0.2, 0.25) is 0 Å². The molecule has 0 spiro atoms. The molecule has 1 aromatic carbocycles. The highest BCUT2D eigenvalue weighted by Gasteiger charge is 2.33. The number of H-pyrrole nitrogens is 2. The van der Waals surface area contributed by atoms with Crippen molar-refractivity contribution in [2.24, 2.45) is 0 Å². The van der Waals surface area contributed by atoms with Gasteiger partial charge in [0.25, 0.3) is 5.91 Å². The number of nitrogens with zero attached hydrogens (tertiary/aromatic N) is 2. The maximum atomic E-state index is 13.1. The fourth-order valence-corrected chi connectivity index (χ4v) is 3.48. The molecule has 2 aromatic heterocycles. The first-order valence-corrected chi connectivity index (χ1v) is 8.13. The minimum absolute atomic E-state index is 0.000463. The number of hydrogen-bond donors (Lipinski definition) is 2. The number of carbonyl (C=O) groups is 1. The Kier molecular flexibility index (Phi) is 3.61. The lowest BCUT2D eigenvalue weighted by molar-refractivity contribution is -0.00327. The first kappa shape index (κ1) is 15.0. The first-order valence-electron chi connectivity index (χ1n) is 8.13. The van der Waals surface area contributed by atoms with Gasteiger partial charge in [0.2, 0.25) is 0 Å². The molecule has 0 radical (unpaired) electrons. The number of amides is 1. The van der Waals surface area contributed by atoms with Crippen molar-refractivity contribution in [3.63, 3.8) is 0 Å². The van der Waals surface area contributed by atoms with Crippen LogP contribution in [-0.4, -0.2) is 45.7 Å². The predicted octanol–water partition coefficient (Wildman–Crippen LogP) is 2.72. The summed E-state index contributed by atoms with van der Waals surface area (Å²) in [6, 6.07) is 9.72. The van der Waals surface area contributed by atoms with Gasteiger partial charge in [-0.05, 0) is 26.0 Å². The fraction of sp³-hybridized carbons (Fsp3) is 0.333. The zero-order valence-corrected chi connectivity index (χ0v) is 13.8. The lowest BCUT2D eigenvalue weighted by Crippen LogP contribution is -2.43. The Morgan fingerprint density at radius 3 is 2.92 bits per heavy atom. The second-order valence-electron chi connectivity index (χ2n) is 6.21. The molecule has 3 aromatic rings. The van der Waals surface area contributed by atoms with Gasteiger partial charge in [0.15, 0.2) is 0 Å². The van der Waals surface area contributed by atoms with Crippen LogP contribution >= 0.6 is 0 Å². The number of rotatable bonds is 2. The lowest BCUT2D eigenvalue weighted by atomic mass is 10.0. The SMILES string of the molecule is Cc1n[nH]c(C)c1[C@H]1COCCN1C(=O)c1cc2ccccc2[nH]1. The Morgan fingerprint density at radius 2 is 2.17 bits per heavy atom. The van der Waals surface area contributed by atoms with E-state index in [9.17, 15) is 4.79 Å². The van der Waals surface area contributed by atoms with Crippen molar-refractivity contribution in [2.45, 2.75) is 19.9 Å². The van der Waals surface area contributed by atoms with Crippen LogP contribution in [0, 0.1) is 13.8 Å². The Bertz CT molecular complexity index is 843. The molecule has 0 unspecified atom stereocenters. The molecule has 1 aliphatic rings. The average Bonchev–Trinajstić information content (AvgIpc) is 3.17. The number of aryl methyl sites for hydroxylation is 2. The Morgan fingerprint density at radius 1 is 1.33 bits per heavy atom. The molecule has 2 N–H and O–H groups in total.